The third-order valence-electron chi connectivity index (χ3n) is 3.14. The summed E-state index contributed by atoms with van der Waals surface area (Å²) >= 11 is 0. The summed E-state index contributed by atoms with van der Waals surface area (Å²) in [4.78, 5) is 10.6. The van der Waals surface area contributed by atoms with Crippen LogP contribution in [0.3, 0.4) is 0 Å². The van der Waals surface area contributed by atoms with Crippen LogP contribution in [-0.2, 0) is 4.79 Å². The van der Waals surface area contributed by atoms with Gasteiger partial charge in [0, 0.05) is 0 Å². The zero-order valence-corrected chi connectivity index (χ0v) is 7.92. The molecule has 0 saturated heterocycles. The zero-order chi connectivity index (χ0) is 9.90. The van der Waals surface area contributed by atoms with Crippen LogP contribution in [0.5, 0.6) is 0 Å². The maximum atomic E-state index is 10.6. The van der Waals surface area contributed by atoms with Gasteiger partial charge in [0.25, 0.3) is 0 Å². The summed E-state index contributed by atoms with van der Waals surface area (Å²) in [5, 5.41) is 17.8. The van der Waals surface area contributed by atoms with Gasteiger partial charge in [-0.2, -0.15) is 5.26 Å². The third-order valence-corrected chi connectivity index (χ3v) is 3.14. The Kier molecular flexibility index (Phi) is 2.92. The Morgan fingerprint density at radius 3 is 2.85 bits per heavy atom. The predicted octanol–water partition coefficient (Wildman–Crippen LogP) is 2.18. The van der Waals surface area contributed by atoms with Crippen LogP contribution in [0.4, 0.5) is 0 Å². The van der Waals surface area contributed by atoms with E-state index in [1.54, 1.807) is 0 Å². The molecule has 1 N–H and O–H groups in total. The van der Waals surface area contributed by atoms with Gasteiger partial charge in [-0.3, -0.25) is 4.79 Å². The Labute approximate surface area is 78.4 Å². The number of aliphatic carboxylic acids is 1. The fourth-order valence-corrected chi connectivity index (χ4v) is 2.15. The van der Waals surface area contributed by atoms with Crippen LogP contribution < -0.4 is 0 Å². The van der Waals surface area contributed by atoms with Crippen molar-refractivity contribution in [1.29, 1.82) is 5.26 Å². The summed E-state index contributed by atoms with van der Waals surface area (Å²) < 4.78 is 0. The molecule has 3 nitrogen and oxygen atoms in total. The first-order valence-electron chi connectivity index (χ1n) is 4.74. The quantitative estimate of drug-likeness (QED) is 0.710. The summed E-state index contributed by atoms with van der Waals surface area (Å²) in [6, 6.07) is 2.22. The second-order valence-corrected chi connectivity index (χ2v) is 3.99. The minimum atomic E-state index is -0.852. The molecule has 1 fully saturated rings. The second kappa shape index (κ2) is 3.78. The number of carbonyl (C=O) groups is 1. The molecule has 0 aliphatic heterocycles. The molecule has 0 radical (unpaired) electrons. The maximum absolute atomic E-state index is 10.6. The number of hydrogen-bond donors (Lipinski definition) is 1. The molecular formula is C10H15NO2. The fourth-order valence-electron chi connectivity index (χ4n) is 2.15. The number of nitrogens with zero attached hydrogens (tertiary/aromatic N) is 1. The van der Waals surface area contributed by atoms with E-state index in [1.807, 2.05) is 6.92 Å². The lowest BCUT2D eigenvalue weighted by Crippen LogP contribution is -2.33. The van der Waals surface area contributed by atoms with E-state index in [0.717, 1.165) is 25.7 Å². The SMILES string of the molecule is CC1CCCCC1(C#N)CC(=O)O. The highest BCUT2D eigenvalue weighted by Gasteiger charge is 2.40. The van der Waals surface area contributed by atoms with Crippen LogP contribution in [0.2, 0.25) is 0 Å². The predicted molar refractivity (Wildman–Crippen MR) is 47.9 cm³/mol. The van der Waals surface area contributed by atoms with Crippen LogP contribution in [0.25, 0.3) is 0 Å². The Hall–Kier alpha value is -1.04. The summed E-state index contributed by atoms with van der Waals surface area (Å²) in [5.41, 5.74) is -0.593. The summed E-state index contributed by atoms with van der Waals surface area (Å²) in [6.07, 6.45) is 3.86. The Balaban J connectivity index is 2.77. The number of rotatable bonds is 2. The molecule has 0 aromatic heterocycles. The van der Waals surface area contributed by atoms with Crippen LogP contribution in [0, 0.1) is 22.7 Å². The molecule has 3 heteroatoms. The van der Waals surface area contributed by atoms with Gasteiger partial charge >= 0.3 is 5.97 Å². The molecule has 0 aromatic carbocycles. The van der Waals surface area contributed by atoms with E-state index in [4.69, 9.17) is 10.4 Å². The molecule has 13 heavy (non-hydrogen) atoms. The standard InChI is InChI=1S/C10H15NO2/c1-8-4-2-3-5-10(8,7-11)6-9(12)13/h8H,2-6H2,1H3,(H,12,13). The molecule has 2 atom stereocenters. The number of carboxylic acids is 1. The average molecular weight is 181 g/mol. The molecule has 1 rings (SSSR count). The number of carboxylic acid groups (broad SMARTS) is 1. The monoisotopic (exact) mass is 181 g/mol. The van der Waals surface area contributed by atoms with E-state index >= 15 is 0 Å². The van der Waals surface area contributed by atoms with E-state index in [0.29, 0.717) is 0 Å². The molecule has 0 bridgehead atoms. The topological polar surface area (TPSA) is 61.1 Å². The lowest BCUT2D eigenvalue weighted by atomic mass is 9.66. The lowest BCUT2D eigenvalue weighted by Gasteiger charge is -2.35. The Bertz CT molecular complexity index is 244. The van der Waals surface area contributed by atoms with Crippen molar-refractivity contribution in [2.24, 2.45) is 11.3 Å². The van der Waals surface area contributed by atoms with E-state index in [-0.39, 0.29) is 12.3 Å². The lowest BCUT2D eigenvalue weighted by molar-refractivity contribution is -0.140. The second-order valence-electron chi connectivity index (χ2n) is 3.99. The molecule has 2 unspecified atom stereocenters. The largest absolute Gasteiger partial charge is 0.481 e. The van der Waals surface area contributed by atoms with E-state index in [1.165, 1.54) is 0 Å². The maximum Gasteiger partial charge on any atom is 0.304 e. The molecule has 0 heterocycles. The molecule has 0 aromatic rings. The molecule has 1 aliphatic carbocycles. The van der Waals surface area contributed by atoms with Crippen LogP contribution in [0.1, 0.15) is 39.0 Å². The van der Waals surface area contributed by atoms with Gasteiger partial charge in [-0.1, -0.05) is 19.8 Å². The average Bonchev–Trinajstić information content (AvgIpc) is 2.08. The zero-order valence-electron chi connectivity index (χ0n) is 7.92. The van der Waals surface area contributed by atoms with Gasteiger partial charge in [0.15, 0.2) is 0 Å². The molecule has 0 spiro atoms. The van der Waals surface area contributed by atoms with Gasteiger partial charge in [-0.15, -0.1) is 0 Å². The molecule has 1 saturated carbocycles. The minimum absolute atomic E-state index is 0.00463. The van der Waals surface area contributed by atoms with Crippen molar-refractivity contribution in [3.8, 4) is 6.07 Å². The normalized spacial score (nSPS) is 33.7. The molecule has 0 amide bonds. The van der Waals surface area contributed by atoms with Gasteiger partial charge in [0.2, 0.25) is 0 Å². The molecular weight excluding hydrogens is 166 g/mol. The van der Waals surface area contributed by atoms with E-state index in [2.05, 4.69) is 6.07 Å². The first kappa shape index (κ1) is 10.0. The van der Waals surface area contributed by atoms with Crippen LogP contribution >= 0.6 is 0 Å². The van der Waals surface area contributed by atoms with Crippen molar-refractivity contribution in [2.45, 2.75) is 39.0 Å². The van der Waals surface area contributed by atoms with Crippen LogP contribution in [-0.4, -0.2) is 11.1 Å². The third kappa shape index (κ3) is 2.00. The van der Waals surface area contributed by atoms with Crippen molar-refractivity contribution in [1.82, 2.24) is 0 Å². The summed E-state index contributed by atoms with van der Waals surface area (Å²) in [7, 11) is 0. The summed E-state index contributed by atoms with van der Waals surface area (Å²) in [6.45, 7) is 1.99. The summed E-state index contributed by atoms with van der Waals surface area (Å²) in [5.74, 6) is -0.627. The number of hydrogen-bond acceptors (Lipinski definition) is 2. The first-order chi connectivity index (χ1) is 6.10. The van der Waals surface area contributed by atoms with Gasteiger partial charge in [0.1, 0.15) is 0 Å². The van der Waals surface area contributed by atoms with E-state index < -0.39 is 11.4 Å². The van der Waals surface area contributed by atoms with Gasteiger partial charge in [0.05, 0.1) is 17.9 Å². The molecule has 72 valence electrons. The Morgan fingerprint density at radius 2 is 2.38 bits per heavy atom. The van der Waals surface area contributed by atoms with Crippen molar-refractivity contribution in [3.63, 3.8) is 0 Å². The van der Waals surface area contributed by atoms with Gasteiger partial charge in [-0.05, 0) is 18.8 Å². The smallest absolute Gasteiger partial charge is 0.304 e. The fraction of sp³-hybridized carbons (Fsp3) is 0.800. The Morgan fingerprint density at radius 1 is 1.69 bits per heavy atom. The highest BCUT2D eigenvalue weighted by Crippen LogP contribution is 2.43. The van der Waals surface area contributed by atoms with Crippen molar-refractivity contribution < 1.29 is 9.90 Å². The van der Waals surface area contributed by atoms with E-state index in [9.17, 15) is 4.79 Å². The number of nitriles is 1. The van der Waals surface area contributed by atoms with Gasteiger partial charge < -0.3 is 5.11 Å². The van der Waals surface area contributed by atoms with Crippen molar-refractivity contribution >= 4 is 5.97 Å². The highest BCUT2D eigenvalue weighted by molar-refractivity contribution is 5.68. The minimum Gasteiger partial charge on any atom is -0.481 e. The highest BCUT2D eigenvalue weighted by atomic mass is 16.4. The molecule has 1 aliphatic rings. The van der Waals surface area contributed by atoms with Crippen LogP contribution in [0.15, 0.2) is 0 Å². The first-order valence-corrected chi connectivity index (χ1v) is 4.74. The van der Waals surface area contributed by atoms with Crippen molar-refractivity contribution in [3.05, 3.63) is 0 Å². The van der Waals surface area contributed by atoms with Crippen molar-refractivity contribution in [2.75, 3.05) is 0 Å². The van der Waals surface area contributed by atoms with Gasteiger partial charge in [-0.25, -0.2) is 0 Å².